The minimum atomic E-state index is -0.212. The number of carbonyl (C=O) groups excluding carboxylic acids is 2. The Kier molecular flexibility index (Phi) is 6.12. The van der Waals surface area contributed by atoms with E-state index in [9.17, 15) is 9.59 Å². The molecule has 1 heterocycles. The normalized spacial score (nSPS) is 15.8. The maximum absolute atomic E-state index is 12.4. The zero-order valence-corrected chi connectivity index (χ0v) is 16.0. The van der Waals surface area contributed by atoms with E-state index in [4.69, 9.17) is 0 Å². The minimum Gasteiger partial charge on any atom is -0.359 e. The number of para-hydroxylation sites is 2. The molecule has 1 aliphatic rings. The predicted molar refractivity (Wildman–Crippen MR) is 109 cm³/mol. The van der Waals surface area contributed by atoms with E-state index in [0.717, 1.165) is 36.2 Å². The van der Waals surface area contributed by atoms with Crippen LogP contribution < -0.4 is 15.5 Å². The van der Waals surface area contributed by atoms with Crippen LogP contribution in [0.5, 0.6) is 0 Å². The molecule has 0 spiro atoms. The van der Waals surface area contributed by atoms with Crippen LogP contribution >= 0.6 is 0 Å². The van der Waals surface area contributed by atoms with Gasteiger partial charge in [-0.15, -0.1) is 0 Å². The van der Waals surface area contributed by atoms with Crippen molar-refractivity contribution in [2.24, 2.45) is 0 Å². The molecule has 0 aromatic heterocycles. The Morgan fingerprint density at radius 1 is 1.07 bits per heavy atom. The highest BCUT2D eigenvalue weighted by Crippen LogP contribution is 2.29. The van der Waals surface area contributed by atoms with Crippen LogP contribution in [0.15, 0.2) is 48.5 Å². The van der Waals surface area contributed by atoms with Crippen molar-refractivity contribution in [3.05, 3.63) is 59.7 Å². The van der Waals surface area contributed by atoms with Gasteiger partial charge in [-0.2, -0.15) is 0 Å². The second-order valence-electron chi connectivity index (χ2n) is 6.98. The first-order valence-corrected chi connectivity index (χ1v) is 9.57. The number of hydrogen-bond acceptors (Lipinski definition) is 3. The molecule has 0 fully saturated rings. The highest BCUT2D eigenvalue weighted by Gasteiger charge is 2.24. The molecule has 2 aromatic carbocycles. The zero-order valence-electron chi connectivity index (χ0n) is 16.0. The Morgan fingerprint density at radius 2 is 1.81 bits per heavy atom. The van der Waals surface area contributed by atoms with Crippen molar-refractivity contribution in [1.29, 1.82) is 0 Å². The van der Waals surface area contributed by atoms with Crippen LogP contribution in [0.3, 0.4) is 0 Å². The van der Waals surface area contributed by atoms with E-state index in [0.29, 0.717) is 6.04 Å². The molecule has 5 nitrogen and oxygen atoms in total. The third kappa shape index (κ3) is 4.67. The van der Waals surface area contributed by atoms with E-state index in [2.05, 4.69) is 34.6 Å². The van der Waals surface area contributed by atoms with Gasteiger partial charge in [0.2, 0.25) is 11.8 Å². The number of nitrogens with one attached hydrogen (secondary N) is 2. The number of aryl methyl sites for hydroxylation is 2. The quantitative estimate of drug-likeness (QED) is 0.827. The maximum Gasteiger partial charge on any atom is 0.243 e. The summed E-state index contributed by atoms with van der Waals surface area (Å²) in [5.41, 5.74) is 4.28. The number of anilines is 2. The van der Waals surface area contributed by atoms with E-state index < -0.39 is 0 Å². The minimum absolute atomic E-state index is 0.0270. The van der Waals surface area contributed by atoms with E-state index in [1.165, 1.54) is 5.56 Å². The number of rotatable bonds is 6. The summed E-state index contributed by atoms with van der Waals surface area (Å²) in [5, 5.41) is 5.62. The molecule has 3 rings (SSSR count). The first-order valence-electron chi connectivity index (χ1n) is 9.57. The molecule has 142 valence electrons. The molecule has 2 aromatic rings. The van der Waals surface area contributed by atoms with Crippen LogP contribution in [0.2, 0.25) is 0 Å². The van der Waals surface area contributed by atoms with Gasteiger partial charge in [0.25, 0.3) is 0 Å². The summed E-state index contributed by atoms with van der Waals surface area (Å²) in [6, 6.07) is 16.2. The molecule has 0 unspecified atom stereocenters. The molecule has 2 N–H and O–H groups in total. The van der Waals surface area contributed by atoms with Crippen molar-refractivity contribution in [2.75, 3.05) is 23.3 Å². The zero-order chi connectivity index (χ0) is 19.2. The molecular formula is C22H27N3O2. The number of carbonyl (C=O) groups is 2. The Morgan fingerprint density at radius 3 is 2.63 bits per heavy atom. The number of nitrogens with zero attached hydrogens (tertiary/aromatic N) is 1. The molecule has 5 heteroatoms. The molecule has 0 saturated carbocycles. The molecule has 0 saturated heterocycles. The molecular weight excluding hydrogens is 338 g/mol. The van der Waals surface area contributed by atoms with Crippen LogP contribution in [-0.2, 0) is 22.4 Å². The number of hydrogen-bond donors (Lipinski definition) is 2. The van der Waals surface area contributed by atoms with Crippen LogP contribution in [0.4, 0.5) is 11.4 Å². The summed E-state index contributed by atoms with van der Waals surface area (Å²) in [6.45, 7) is 4.42. The van der Waals surface area contributed by atoms with Gasteiger partial charge in [0.15, 0.2) is 0 Å². The van der Waals surface area contributed by atoms with Gasteiger partial charge in [-0.3, -0.25) is 9.59 Å². The summed E-state index contributed by atoms with van der Waals surface area (Å²) in [7, 11) is 0. The van der Waals surface area contributed by atoms with Gasteiger partial charge < -0.3 is 15.5 Å². The fourth-order valence-electron chi connectivity index (χ4n) is 3.54. The smallest absolute Gasteiger partial charge is 0.243 e. The molecule has 0 bridgehead atoms. The Labute approximate surface area is 160 Å². The summed E-state index contributed by atoms with van der Waals surface area (Å²) < 4.78 is 0. The van der Waals surface area contributed by atoms with Gasteiger partial charge >= 0.3 is 0 Å². The molecule has 0 aliphatic carbocycles. The third-order valence-corrected chi connectivity index (χ3v) is 5.10. The fourth-order valence-corrected chi connectivity index (χ4v) is 3.54. The number of benzene rings is 2. The first kappa shape index (κ1) is 19.0. The lowest BCUT2D eigenvalue weighted by Gasteiger charge is -2.36. The van der Waals surface area contributed by atoms with E-state index in [-0.39, 0.29) is 24.9 Å². The van der Waals surface area contributed by atoms with Crippen LogP contribution in [-0.4, -0.2) is 30.9 Å². The highest BCUT2D eigenvalue weighted by molar-refractivity contribution is 5.95. The van der Waals surface area contributed by atoms with Crippen LogP contribution in [0.1, 0.15) is 31.4 Å². The number of fused-ring (bicyclic) bond motifs is 1. The number of amides is 2. The summed E-state index contributed by atoms with van der Waals surface area (Å²) in [6.07, 6.45) is 2.91. The van der Waals surface area contributed by atoms with Crippen molar-refractivity contribution >= 4 is 23.2 Å². The second-order valence-corrected chi connectivity index (χ2v) is 6.98. The van der Waals surface area contributed by atoms with Gasteiger partial charge in [-0.05, 0) is 49.4 Å². The fraction of sp³-hybridized carbons (Fsp3) is 0.364. The highest BCUT2D eigenvalue weighted by atomic mass is 16.2. The second kappa shape index (κ2) is 8.71. The lowest BCUT2D eigenvalue weighted by atomic mass is 9.97. The van der Waals surface area contributed by atoms with Crippen molar-refractivity contribution in [3.63, 3.8) is 0 Å². The van der Waals surface area contributed by atoms with Crippen LogP contribution in [0.25, 0.3) is 0 Å². The lowest BCUT2D eigenvalue weighted by Crippen LogP contribution is -2.45. The molecule has 1 atom stereocenters. The van der Waals surface area contributed by atoms with Crippen molar-refractivity contribution in [3.8, 4) is 0 Å². The van der Waals surface area contributed by atoms with Gasteiger partial charge in [0, 0.05) is 17.4 Å². The maximum atomic E-state index is 12.4. The van der Waals surface area contributed by atoms with Gasteiger partial charge in [0.1, 0.15) is 0 Å². The molecule has 0 radical (unpaired) electrons. The average molecular weight is 365 g/mol. The van der Waals surface area contributed by atoms with Crippen molar-refractivity contribution in [2.45, 2.75) is 39.2 Å². The van der Waals surface area contributed by atoms with Gasteiger partial charge in [-0.25, -0.2) is 0 Å². The Bertz CT molecular complexity index is 819. The monoisotopic (exact) mass is 365 g/mol. The van der Waals surface area contributed by atoms with E-state index in [1.807, 2.05) is 43.3 Å². The Hall–Kier alpha value is -2.82. The summed E-state index contributed by atoms with van der Waals surface area (Å²) in [5.74, 6) is -0.353. The summed E-state index contributed by atoms with van der Waals surface area (Å²) in [4.78, 5) is 26.7. The first-order chi connectivity index (χ1) is 13.1. The van der Waals surface area contributed by atoms with Crippen LogP contribution in [0, 0.1) is 0 Å². The lowest BCUT2D eigenvalue weighted by molar-refractivity contribution is -0.123. The van der Waals surface area contributed by atoms with Crippen molar-refractivity contribution in [1.82, 2.24) is 5.32 Å². The van der Waals surface area contributed by atoms with Crippen molar-refractivity contribution < 1.29 is 9.59 Å². The standard InChI is InChI=1S/C22H27N3O2/c1-3-17-8-4-6-10-19(17)24-21(26)14-23-22(27)15-25-16(2)12-13-18-9-5-7-11-20(18)25/h4-11,16H,3,12-15H2,1-2H3,(H,23,27)(H,24,26)/t16-/m0/s1. The largest absolute Gasteiger partial charge is 0.359 e. The topological polar surface area (TPSA) is 61.4 Å². The SMILES string of the molecule is CCc1ccccc1NC(=O)CNC(=O)CN1c2ccccc2CC[C@@H]1C. The Balaban J connectivity index is 1.55. The summed E-state index contributed by atoms with van der Waals surface area (Å²) >= 11 is 0. The van der Waals surface area contributed by atoms with E-state index >= 15 is 0 Å². The van der Waals surface area contributed by atoms with Gasteiger partial charge in [0.05, 0.1) is 13.1 Å². The third-order valence-electron chi connectivity index (χ3n) is 5.10. The molecule has 1 aliphatic heterocycles. The molecule has 27 heavy (non-hydrogen) atoms. The van der Waals surface area contributed by atoms with Gasteiger partial charge in [-0.1, -0.05) is 43.3 Å². The average Bonchev–Trinajstić information content (AvgIpc) is 2.69. The van der Waals surface area contributed by atoms with E-state index in [1.54, 1.807) is 0 Å². The predicted octanol–water partition coefficient (Wildman–Crippen LogP) is 3.15. The molecule has 2 amide bonds.